The zero-order chi connectivity index (χ0) is 17.5. The van der Waals surface area contributed by atoms with E-state index in [1.807, 2.05) is 6.26 Å². The van der Waals surface area contributed by atoms with Gasteiger partial charge in [-0.3, -0.25) is 4.79 Å². The Kier molecular flexibility index (Phi) is 6.80. The second kappa shape index (κ2) is 8.84. The topological polar surface area (TPSA) is 121 Å². The Morgan fingerprint density at radius 2 is 2.33 bits per heavy atom. The molecule has 1 aliphatic heterocycles. The molecule has 9 heteroatoms. The number of aromatic nitrogens is 2. The highest BCUT2D eigenvalue weighted by Gasteiger charge is 2.23. The van der Waals surface area contributed by atoms with E-state index < -0.39 is 5.97 Å². The molecule has 0 bridgehead atoms. The fourth-order valence-corrected chi connectivity index (χ4v) is 3.10. The van der Waals surface area contributed by atoms with Crippen molar-refractivity contribution in [2.45, 2.75) is 24.4 Å². The second-order valence-corrected chi connectivity index (χ2v) is 6.52. The maximum Gasteiger partial charge on any atom is 0.341 e. The molecule has 8 nitrogen and oxygen atoms in total. The molecule has 2 heterocycles. The fourth-order valence-electron chi connectivity index (χ4n) is 2.76. The van der Waals surface area contributed by atoms with E-state index >= 15 is 0 Å². The van der Waals surface area contributed by atoms with Crippen LogP contribution in [0.25, 0.3) is 0 Å². The highest BCUT2D eigenvalue weighted by molar-refractivity contribution is 7.98. The molecular formula is C15H23N5O3S. The summed E-state index contributed by atoms with van der Waals surface area (Å²) in [6, 6.07) is 0. The van der Waals surface area contributed by atoms with Crippen molar-refractivity contribution in [2.75, 3.05) is 37.8 Å². The molecule has 0 radical (unpaired) electrons. The molecule has 1 aromatic rings. The maximum atomic E-state index is 11.3. The largest absolute Gasteiger partial charge is 0.477 e. The number of thioether (sulfide) groups is 1. The number of carboxylic acid groups (broad SMARTS) is 1. The first kappa shape index (κ1) is 18.5. The van der Waals surface area contributed by atoms with Gasteiger partial charge in [-0.1, -0.05) is 11.8 Å². The van der Waals surface area contributed by atoms with Crippen molar-refractivity contribution >= 4 is 29.5 Å². The number of carbonyl (C=O) groups excluding carboxylic acids is 1. The number of aromatic carboxylic acids is 1. The molecule has 4 N–H and O–H groups in total. The number of carboxylic acids is 1. The molecule has 1 aliphatic rings. The van der Waals surface area contributed by atoms with Crippen LogP contribution >= 0.6 is 11.8 Å². The minimum Gasteiger partial charge on any atom is -0.477 e. The Bertz CT molecular complexity index is 598. The van der Waals surface area contributed by atoms with Crippen LogP contribution in [0.5, 0.6) is 0 Å². The first-order chi connectivity index (χ1) is 11.5. The van der Waals surface area contributed by atoms with E-state index in [1.165, 1.54) is 18.0 Å². The Balaban J connectivity index is 1.83. The van der Waals surface area contributed by atoms with E-state index in [0.29, 0.717) is 24.1 Å². The van der Waals surface area contributed by atoms with Gasteiger partial charge in [-0.05, 0) is 38.6 Å². The first-order valence-electron chi connectivity index (χ1n) is 7.91. The number of hydrogen-bond acceptors (Lipinski definition) is 7. The number of nitrogens with zero attached hydrogens (tertiary/aromatic N) is 3. The van der Waals surface area contributed by atoms with Gasteiger partial charge in [0.25, 0.3) is 0 Å². The lowest BCUT2D eigenvalue weighted by Crippen LogP contribution is -2.41. The first-order valence-corrected chi connectivity index (χ1v) is 9.13. The van der Waals surface area contributed by atoms with Gasteiger partial charge in [-0.25, -0.2) is 14.8 Å². The predicted molar refractivity (Wildman–Crippen MR) is 92.2 cm³/mol. The summed E-state index contributed by atoms with van der Waals surface area (Å²) in [6.07, 6.45) is 5.83. The maximum absolute atomic E-state index is 11.3. The molecule has 0 aliphatic carbocycles. The minimum atomic E-state index is -1.05. The number of carbonyl (C=O) groups is 2. The van der Waals surface area contributed by atoms with Crippen molar-refractivity contribution in [1.82, 2.24) is 14.9 Å². The van der Waals surface area contributed by atoms with Crippen molar-refractivity contribution in [1.29, 1.82) is 0 Å². The third kappa shape index (κ3) is 5.07. The molecule has 1 aromatic heterocycles. The average molecular weight is 353 g/mol. The molecule has 1 atom stereocenters. The van der Waals surface area contributed by atoms with E-state index in [4.69, 9.17) is 5.73 Å². The number of amides is 1. The molecular weight excluding hydrogens is 330 g/mol. The average Bonchev–Trinajstić information content (AvgIpc) is 2.58. The Morgan fingerprint density at radius 3 is 3.00 bits per heavy atom. The smallest absolute Gasteiger partial charge is 0.341 e. The van der Waals surface area contributed by atoms with Gasteiger partial charge in [0.1, 0.15) is 11.4 Å². The summed E-state index contributed by atoms with van der Waals surface area (Å²) in [7, 11) is 0. The minimum absolute atomic E-state index is 0.0590. The SMILES string of the molecule is CSc1ncc(C(=O)O)c(NCCCN2CCCC(C(N)=O)C2)n1. The van der Waals surface area contributed by atoms with E-state index in [1.54, 1.807) is 0 Å². The molecule has 1 amide bonds. The molecule has 2 rings (SSSR count). The molecule has 0 aromatic carbocycles. The van der Waals surface area contributed by atoms with E-state index in [-0.39, 0.29) is 17.4 Å². The van der Waals surface area contributed by atoms with Gasteiger partial charge >= 0.3 is 5.97 Å². The summed E-state index contributed by atoms with van der Waals surface area (Å²) in [4.78, 5) is 32.9. The number of hydrogen-bond donors (Lipinski definition) is 3. The van der Waals surface area contributed by atoms with Crippen LogP contribution in [0.4, 0.5) is 5.82 Å². The fraction of sp³-hybridized carbons (Fsp3) is 0.600. The molecule has 0 spiro atoms. The Labute approximate surface area is 145 Å². The van der Waals surface area contributed by atoms with Crippen molar-refractivity contribution in [2.24, 2.45) is 11.7 Å². The van der Waals surface area contributed by atoms with Gasteiger partial charge in [0, 0.05) is 19.3 Å². The third-order valence-electron chi connectivity index (χ3n) is 4.03. The number of anilines is 1. The van der Waals surface area contributed by atoms with Crippen molar-refractivity contribution in [3.63, 3.8) is 0 Å². The van der Waals surface area contributed by atoms with Crippen LogP contribution in [0.1, 0.15) is 29.6 Å². The van der Waals surface area contributed by atoms with Gasteiger partial charge in [0.15, 0.2) is 5.16 Å². The predicted octanol–water partition coefficient (Wildman–Crippen LogP) is 0.896. The van der Waals surface area contributed by atoms with E-state index in [9.17, 15) is 14.7 Å². The van der Waals surface area contributed by atoms with Crippen LogP contribution in [0.3, 0.4) is 0 Å². The Morgan fingerprint density at radius 1 is 1.54 bits per heavy atom. The normalized spacial score (nSPS) is 18.3. The van der Waals surface area contributed by atoms with Gasteiger partial charge in [-0.15, -0.1) is 0 Å². The number of nitrogens with one attached hydrogen (secondary N) is 1. The monoisotopic (exact) mass is 353 g/mol. The number of primary amides is 1. The van der Waals surface area contributed by atoms with Gasteiger partial charge in [0.05, 0.1) is 5.92 Å². The van der Waals surface area contributed by atoms with Gasteiger partial charge in [-0.2, -0.15) is 0 Å². The van der Waals surface area contributed by atoms with Crippen LogP contribution in [0, 0.1) is 5.92 Å². The zero-order valence-corrected chi connectivity index (χ0v) is 14.5. The summed E-state index contributed by atoms with van der Waals surface area (Å²) < 4.78 is 0. The van der Waals surface area contributed by atoms with Crippen LogP contribution in [0.2, 0.25) is 0 Å². The standard InChI is InChI=1S/C15H23N5O3S/c1-24-15-18-8-11(14(22)23)13(19-15)17-5-3-7-20-6-2-4-10(9-20)12(16)21/h8,10H,2-7,9H2,1H3,(H2,16,21)(H,22,23)(H,17,18,19). The van der Waals surface area contributed by atoms with E-state index in [2.05, 4.69) is 20.2 Å². The molecule has 1 unspecified atom stereocenters. The lowest BCUT2D eigenvalue weighted by atomic mass is 9.97. The lowest BCUT2D eigenvalue weighted by molar-refractivity contribution is -0.123. The third-order valence-corrected chi connectivity index (χ3v) is 4.59. The number of likely N-dealkylation sites (tertiary alicyclic amines) is 1. The molecule has 1 fully saturated rings. The lowest BCUT2D eigenvalue weighted by Gasteiger charge is -2.31. The van der Waals surface area contributed by atoms with Crippen LogP contribution in [-0.4, -0.2) is 64.3 Å². The van der Waals surface area contributed by atoms with Gasteiger partial charge < -0.3 is 21.1 Å². The summed E-state index contributed by atoms with van der Waals surface area (Å²) in [5.74, 6) is -0.994. The summed E-state index contributed by atoms with van der Waals surface area (Å²) in [6.45, 7) is 3.11. The molecule has 24 heavy (non-hydrogen) atoms. The van der Waals surface area contributed by atoms with Gasteiger partial charge in [0.2, 0.25) is 5.91 Å². The Hall–Kier alpha value is -1.87. The molecule has 1 saturated heterocycles. The van der Waals surface area contributed by atoms with Crippen LogP contribution in [0.15, 0.2) is 11.4 Å². The van der Waals surface area contributed by atoms with Crippen molar-refractivity contribution in [3.05, 3.63) is 11.8 Å². The number of rotatable bonds is 8. The highest BCUT2D eigenvalue weighted by Crippen LogP contribution is 2.18. The summed E-state index contributed by atoms with van der Waals surface area (Å²) in [5.41, 5.74) is 5.45. The van der Waals surface area contributed by atoms with E-state index in [0.717, 1.165) is 32.4 Å². The van der Waals surface area contributed by atoms with Crippen molar-refractivity contribution in [3.8, 4) is 0 Å². The number of piperidine rings is 1. The second-order valence-electron chi connectivity index (χ2n) is 5.75. The molecule has 0 saturated carbocycles. The molecule has 132 valence electrons. The number of nitrogens with two attached hydrogens (primary N) is 1. The summed E-state index contributed by atoms with van der Waals surface area (Å²) >= 11 is 1.36. The quantitative estimate of drug-likeness (QED) is 0.358. The highest BCUT2D eigenvalue weighted by atomic mass is 32.2. The van der Waals surface area contributed by atoms with Crippen LogP contribution < -0.4 is 11.1 Å². The zero-order valence-electron chi connectivity index (χ0n) is 13.7. The van der Waals surface area contributed by atoms with Crippen LogP contribution in [-0.2, 0) is 4.79 Å². The van der Waals surface area contributed by atoms with Crippen molar-refractivity contribution < 1.29 is 14.7 Å². The summed E-state index contributed by atoms with van der Waals surface area (Å²) in [5, 5.41) is 12.8.